The summed E-state index contributed by atoms with van der Waals surface area (Å²) in [5, 5.41) is 10.3. The molecule has 0 radical (unpaired) electrons. The van der Waals surface area contributed by atoms with Gasteiger partial charge in [-0.25, -0.2) is 0 Å². The van der Waals surface area contributed by atoms with Crippen LogP contribution in [0.4, 0.5) is 24.5 Å². The number of alkyl halides is 3. The standard InChI is InChI=1S/C25H25BClF3N4O/c1-31-17-4-2-3-14(11-17)24(35)34-21-10-7-16(6-8-19(21)26)32-22-13-23(25(28,29)30)33-20-9-5-15(27)12-18(20)22/h2-5,9,11-13,16,21,26,31H,6-8,10H2,1H3,(H,32,33)(H,34,35)/t16-,21-/m0/s1. The van der Waals surface area contributed by atoms with Crippen molar-refractivity contribution in [2.75, 3.05) is 17.7 Å². The second kappa shape index (κ2) is 10.3. The van der Waals surface area contributed by atoms with Crippen molar-refractivity contribution in [1.82, 2.24) is 10.3 Å². The van der Waals surface area contributed by atoms with Gasteiger partial charge in [-0.05, 0) is 0 Å². The Bertz CT molecular complexity index is 1270. The summed E-state index contributed by atoms with van der Waals surface area (Å²) in [6, 6.07) is 12.5. The van der Waals surface area contributed by atoms with Crippen molar-refractivity contribution in [2.24, 2.45) is 0 Å². The van der Waals surface area contributed by atoms with Crippen LogP contribution in [-0.2, 0) is 6.18 Å². The molecule has 3 N–H and O–H groups in total. The van der Waals surface area contributed by atoms with Gasteiger partial charge in [-0.2, -0.15) is 0 Å². The van der Waals surface area contributed by atoms with Crippen LogP contribution in [0, 0.1) is 0 Å². The first kappa shape index (κ1) is 25.0. The van der Waals surface area contributed by atoms with E-state index in [1.807, 2.05) is 12.1 Å². The molecule has 10 heteroatoms. The summed E-state index contributed by atoms with van der Waals surface area (Å²) in [6.45, 7) is 0. The molecule has 1 aliphatic rings. The fourth-order valence-corrected chi connectivity index (χ4v) is 4.48. The molecule has 2 atom stereocenters. The average Bonchev–Trinajstić information content (AvgIpc) is 3.00. The van der Waals surface area contributed by atoms with E-state index >= 15 is 0 Å². The van der Waals surface area contributed by atoms with Gasteiger partial charge in [-0.3, -0.25) is 0 Å². The van der Waals surface area contributed by atoms with Crippen LogP contribution in [0.1, 0.15) is 41.7 Å². The number of aromatic nitrogens is 1. The van der Waals surface area contributed by atoms with Crippen LogP contribution in [0.3, 0.4) is 0 Å². The summed E-state index contributed by atoms with van der Waals surface area (Å²) in [7, 11) is 5.94. The SMILES string of the molecule is B=C1CC[C@H](Nc2cc(C(F)(F)F)nc3ccc(Cl)cc23)CC[C@@H]1NC(=O)c1cccc(NC)c1. The number of anilines is 2. The zero-order valence-electron chi connectivity index (χ0n) is 19.2. The predicted molar refractivity (Wildman–Crippen MR) is 137 cm³/mol. The summed E-state index contributed by atoms with van der Waals surface area (Å²) in [6.07, 6.45) is -2.00. The number of hydrogen-bond donors (Lipinski definition) is 3. The fourth-order valence-electron chi connectivity index (χ4n) is 4.31. The van der Waals surface area contributed by atoms with E-state index in [9.17, 15) is 18.0 Å². The van der Waals surface area contributed by atoms with Gasteiger partial charge < -0.3 is 0 Å². The number of halogens is 4. The summed E-state index contributed by atoms with van der Waals surface area (Å²) in [5.74, 6) is -0.191. The van der Waals surface area contributed by atoms with Crippen LogP contribution in [-0.4, -0.2) is 43.0 Å². The number of benzene rings is 2. The van der Waals surface area contributed by atoms with Crippen LogP contribution < -0.4 is 16.0 Å². The van der Waals surface area contributed by atoms with Crippen molar-refractivity contribution < 1.29 is 18.0 Å². The second-order valence-corrected chi connectivity index (χ2v) is 9.12. The Morgan fingerprint density at radius 2 is 1.91 bits per heavy atom. The summed E-state index contributed by atoms with van der Waals surface area (Å²) in [4.78, 5) is 16.6. The van der Waals surface area contributed by atoms with E-state index in [-0.39, 0.29) is 23.5 Å². The molecule has 1 heterocycles. The maximum atomic E-state index is 13.5. The van der Waals surface area contributed by atoms with E-state index in [1.165, 1.54) is 12.1 Å². The molecule has 0 bridgehead atoms. The Balaban J connectivity index is 1.51. The molecule has 1 aliphatic carbocycles. The van der Waals surface area contributed by atoms with Gasteiger partial charge in [0.15, 0.2) is 0 Å². The Hall–Kier alpha value is -3.07. The zero-order chi connectivity index (χ0) is 25.2. The van der Waals surface area contributed by atoms with E-state index in [1.54, 1.807) is 25.2 Å². The molecule has 4 rings (SSSR count). The molecular weight excluding hydrogens is 476 g/mol. The molecule has 1 fully saturated rings. The van der Waals surface area contributed by atoms with E-state index in [0.29, 0.717) is 47.3 Å². The van der Waals surface area contributed by atoms with Crippen molar-refractivity contribution in [2.45, 2.75) is 43.9 Å². The van der Waals surface area contributed by atoms with Gasteiger partial charge in [0.25, 0.3) is 0 Å². The molecule has 0 saturated heterocycles. The number of pyridine rings is 1. The van der Waals surface area contributed by atoms with E-state index < -0.39 is 11.9 Å². The molecule has 0 unspecified atom stereocenters. The molecule has 35 heavy (non-hydrogen) atoms. The number of fused-ring (bicyclic) bond motifs is 1. The number of carbonyl (C=O) groups excluding carboxylic acids is 1. The Morgan fingerprint density at radius 3 is 2.66 bits per heavy atom. The third kappa shape index (κ3) is 5.96. The number of amides is 1. The Kier molecular flexibility index (Phi) is 7.35. The number of carbonyl (C=O) groups is 1. The van der Waals surface area contributed by atoms with Crippen LogP contribution in [0.15, 0.2) is 48.5 Å². The quantitative estimate of drug-likeness (QED) is 0.334. The third-order valence-corrected chi connectivity index (χ3v) is 6.49. The van der Waals surface area contributed by atoms with Gasteiger partial charge in [0, 0.05) is 0 Å². The normalized spacial score (nSPS) is 18.7. The first-order valence-corrected chi connectivity index (χ1v) is 11.7. The van der Waals surface area contributed by atoms with Crippen LogP contribution in [0.5, 0.6) is 0 Å². The molecule has 5 nitrogen and oxygen atoms in total. The molecule has 0 spiro atoms. The van der Waals surface area contributed by atoms with Crippen molar-refractivity contribution in [3.8, 4) is 0 Å². The number of rotatable bonds is 5. The van der Waals surface area contributed by atoms with Crippen molar-refractivity contribution in [1.29, 1.82) is 0 Å². The first-order valence-electron chi connectivity index (χ1n) is 11.3. The average molecular weight is 501 g/mol. The fraction of sp³-hybridized carbons (Fsp3) is 0.320. The minimum absolute atomic E-state index is 0.105. The van der Waals surface area contributed by atoms with Gasteiger partial charge >= 0.3 is 207 Å². The van der Waals surface area contributed by atoms with E-state index in [4.69, 9.17) is 11.6 Å². The van der Waals surface area contributed by atoms with Gasteiger partial charge in [0.1, 0.15) is 0 Å². The Morgan fingerprint density at radius 1 is 1.11 bits per heavy atom. The van der Waals surface area contributed by atoms with Gasteiger partial charge in [-0.1, -0.05) is 0 Å². The predicted octanol–water partition coefficient (Wildman–Crippen LogP) is 5.18. The van der Waals surface area contributed by atoms with Gasteiger partial charge in [0.2, 0.25) is 0 Å². The van der Waals surface area contributed by atoms with Crippen molar-refractivity contribution >= 4 is 52.7 Å². The minimum atomic E-state index is -4.57. The number of nitrogens with one attached hydrogen (secondary N) is 3. The molecule has 182 valence electrons. The molecule has 1 saturated carbocycles. The first-order chi connectivity index (χ1) is 16.6. The summed E-state index contributed by atoms with van der Waals surface area (Å²) in [5.41, 5.74) is 1.88. The van der Waals surface area contributed by atoms with Crippen molar-refractivity contribution in [3.05, 3.63) is 64.8 Å². The summed E-state index contributed by atoms with van der Waals surface area (Å²) >= 11 is 6.11. The topological polar surface area (TPSA) is 66.0 Å². The van der Waals surface area contributed by atoms with E-state index in [2.05, 4.69) is 28.4 Å². The molecule has 0 aliphatic heterocycles. The van der Waals surface area contributed by atoms with Crippen molar-refractivity contribution in [3.63, 3.8) is 0 Å². The van der Waals surface area contributed by atoms with E-state index in [0.717, 1.165) is 17.2 Å². The molecule has 1 aromatic heterocycles. The number of hydrogen-bond acceptors (Lipinski definition) is 4. The Labute approximate surface area is 207 Å². The monoisotopic (exact) mass is 500 g/mol. The molecular formula is C25H25BClF3N4O. The van der Waals surface area contributed by atoms with Gasteiger partial charge in [0.05, 0.1) is 0 Å². The van der Waals surface area contributed by atoms with Gasteiger partial charge in [-0.15, -0.1) is 0 Å². The van der Waals surface area contributed by atoms with Crippen LogP contribution in [0.2, 0.25) is 5.02 Å². The second-order valence-electron chi connectivity index (χ2n) is 8.69. The molecule has 1 amide bonds. The summed E-state index contributed by atoms with van der Waals surface area (Å²) < 4.78 is 40.4. The molecule has 2 aromatic carbocycles. The third-order valence-electron chi connectivity index (χ3n) is 6.25. The van der Waals surface area contributed by atoms with Crippen LogP contribution >= 0.6 is 11.6 Å². The maximum absolute atomic E-state index is 13.5. The molecule has 3 aromatic rings. The number of nitrogens with zero attached hydrogens (tertiary/aromatic N) is 1. The zero-order valence-corrected chi connectivity index (χ0v) is 19.9. The van der Waals surface area contributed by atoms with Crippen LogP contribution in [0.25, 0.3) is 10.9 Å².